The fourth-order valence-electron chi connectivity index (χ4n) is 3.71. The molecule has 0 aliphatic carbocycles. The van der Waals surface area contributed by atoms with Crippen LogP contribution in [-0.2, 0) is 23.7 Å². The molecule has 1 fully saturated rings. The van der Waals surface area contributed by atoms with Crippen molar-refractivity contribution >= 4 is 34.8 Å². The zero-order valence-corrected chi connectivity index (χ0v) is 20.7. The Bertz CT molecular complexity index is 1230. The van der Waals surface area contributed by atoms with E-state index in [2.05, 4.69) is 0 Å². The van der Waals surface area contributed by atoms with Gasteiger partial charge in [0.2, 0.25) is 6.29 Å². The van der Waals surface area contributed by atoms with Gasteiger partial charge in [-0.3, -0.25) is 4.79 Å². The summed E-state index contributed by atoms with van der Waals surface area (Å²) in [5, 5.41) is -1.18. The largest absolute Gasteiger partial charge is 0.459 e. The molecule has 1 aliphatic heterocycles. The number of esters is 3. The lowest BCUT2D eigenvalue weighted by molar-refractivity contribution is -0.117. The van der Waals surface area contributed by atoms with Gasteiger partial charge in [0.1, 0.15) is 18.0 Å². The third-order valence-electron chi connectivity index (χ3n) is 5.44. The van der Waals surface area contributed by atoms with Gasteiger partial charge in [0.05, 0.1) is 16.7 Å². The molecule has 0 unspecified atom stereocenters. The van der Waals surface area contributed by atoms with Crippen molar-refractivity contribution in [1.29, 1.82) is 0 Å². The number of carbonyl (C=O) groups excluding carboxylic acids is 4. The number of benzene rings is 3. The van der Waals surface area contributed by atoms with Crippen LogP contribution in [0.2, 0.25) is 0 Å². The monoisotopic (exact) mass is 520 g/mol. The molecule has 1 aliphatic rings. The first kappa shape index (κ1) is 26.1. The van der Waals surface area contributed by atoms with Gasteiger partial charge in [0.25, 0.3) is 0 Å². The first-order chi connectivity index (χ1) is 17.9. The molecule has 4 atom stereocenters. The second kappa shape index (κ2) is 12.3. The second-order valence-electron chi connectivity index (χ2n) is 8.09. The van der Waals surface area contributed by atoms with Gasteiger partial charge in [-0.15, -0.1) is 0 Å². The number of hydrogen-bond acceptors (Lipinski definition) is 9. The Kier molecular flexibility index (Phi) is 8.71. The molecular formula is C28H24O8S. The highest BCUT2D eigenvalue weighted by Crippen LogP contribution is 2.35. The van der Waals surface area contributed by atoms with Gasteiger partial charge >= 0.3 is 17.9 Å². The Hall–Kier alpha value is -3.95. The molecule has 190 valence electrons. The molecular weight excluding hydrogens is 496 g/mol. The number of carbonyl (C=O) groups is 4. The van der Waals surface area contributed by atoms with Gasteiger partial charge < -0.3 is 18.9 Å². The first-order valence-electron chi connectivity index (χ1n) is 11.5. The Morgan fingerprint density at radius 1 is 0.703 bits per heavy atom. The van der Waals surface area contributed by atoms with E-state index in [1.807, 2.05) is 0 Å². The lowest BCUT2D eigenvalue weighted by Crippen LogP contribution is -2.39. The molecule has 0 saturated carbocycles. The zero-order chi connectivity index (χ0) is 26.2. The summed E-state index contributed by atoms with van der Waals surface area (Å²) >= 11 is 0.828. The highest BCUT2D eigenvalue weighted by molar-refractivity contribution is 8.14. The number of ether oxygens (including phenoxy) is 4. The molecule has 3 aromatic rings. The van der Waals surface area contributed by atoms with Crippen LogP contribution in [0, 0.1) is 0 Å². The third-order valence-corrected chi connectivity index (χ3v) is 6.54. The Morgan fingerprint density at radius 2 is 1.16 bits per heavy atom. The second-order valence-corrected chi connectivity index (χ2v) is 9.44. The maximum Gasteiger partial charge on any atom is 0.340 e. The van der Waals surface area contributed by atoms with Crippen LogP contribution in [0.4, 0.5) is 0 Å². The van der Waals surface area contributed by atoms with Crippen molar-refractivity contribution in [2.45, 2.75) is 30.7 Å². The SMILES string of the molecule is CC(=O)S[C@H]1[C@@H](OC(=O)c2ccccc2)O[C@H](COC(=O)c2ccccc2)[C@H]1OC(=O)c1ccccc1. The lowest BCUT2D eigenvalue weighted by Gasteiger charge is -2.22. The molecule has 1 saturated heterocycles. The predicted molar refractivity (Wildman–Crippen MR) is 135 cm³/mol. The minimum Gasteiger partial charge on any atom is -0.459 e. The molecule has 0 aromatic heterocycles. The Balaban J connectivity index is 1.57. The van der Waals surface area contributed by atoms with Gasteiger partial charge in [0, 0.05) is 6.92 Å². The molecule has 0 amide bonds. The molecule has 0 bridgehead atoms. The standard InChI is InChI=1S/C28H24O8S/c1-18(29)37-24-23(35-26(31)20-13-7-3-8-14-20)22(17-33-25(30)19-11-5-2-6-12-19)34-28(24)36-27(32)21-15-9-4-10-16-21/h2-16,22-24,28H,17H2,1H3/t22-,23-,24-,28-/m1/s1. The van der Waals surface area contributed by atoms with Crippen molar-refractivity contribution in [3.8, 4) is 0 Å². The minimum absolute atomic E-state index is 0.287. The van der Waals surface area contributed by atoms with Gasteiger partial charge in [-0.2, -0.15) is 0 Å². The summed E-state index contributed by atoms with van der Waals surface area (Å²) in [6.07, 6.45) is -3.29. The van der Waals surface area contributed by atoms with Gasteiger partial charge in [-0.1, -0.05) is 66.4 Å². The van der Waals surface area contributed by atoms with E-state index in [4.69, 9.17) is 18.9 Å². The molecule has 9 heteroatoms. The van der Waals surface area contributed by atoms with Gasteiger partial charge in [-0.25, -0.2) is 14.4 Å². The summed E-state index contributed by atoms with van der Waals surface area (Å²) in [4.78, 5) is 50.3. The van der Waals surface area contributed by atoms with Crippen molar-refractivity contribution in [3.05, 3.63) is 108 Å². The van der Waals surface area contributed by atoms with Crippen LogP contribution in [-0.4, -0.2) is 53.4 Å². The Labute approximate surface area is 217 Å². The highest BCUT2D eigenvalue weighted by Gasteiger charge is 2.51. The lowest BCUT2D eigenvalue weighted by atomic mass is 10.1. The normalized spacial score (nSPS) is 20.6. The van der Waals surface area contributed by atoms with Crippen LogP contribution >= 0.6 is 11.8 Å². The fraction of sp³-hybridized carbons (Fsp3) is 0.214. The van der Waals surface area contributed by atoms with Crippen LogP contribution in [0.1, 0.15) is 38.0 Å². The average molecular weight is 521 g/mol. The number of thioether (sulfide) groups is 1. The zero-order valence-electron chi connectivity index (χ0n) is 19.9. The van der Waals surface area contributed by atoms with Crippen LogP contribution < -0.4 is 0 Å². The quantitative estimate of drug-likeness (QED) is 0.317. The predicted octanol–water partition coefficient (Wildman–Crippen LogP) is 4.30. The Morgan fingerprint density at radius 3 is 1.65 bits per heavy atom. The van der Waals surface area contributed by atoms with E-state index in [1.165, 1.54) is 6.92 Å². The number of hydrogen-bond donors (Lipinski definition) is 0. The summed E-state index contributed by atoms with van der Waals surface area (Å²) in [6.45, 7) is 1.05. The molecule has 4 rings (SSSR count). The average Bonchev–Trinajstić information content (AvgIpc) is 3.23. The van der Waals surface area contributed by atoms with E-state index in [9.17, 15) is 19.2 Å². The van der Waals surface area contributed by atoms with E-state index in [1.54, 1.807) is 91.0 Å². The van der Waals surface area contributed by atoms with E-state index >= 15 is 0 Å². The van der Waals surface area contributed by atoms with E-state index in [0.29, 0.717) is 11.1 Å². The van der Waals surface area contributed by atoms with Crippen molar-refractivity contribution in [2.24, 2.45) is 0 Å². The summed E-state index contributed by atoms with van der Waals surface area (Å²) in [5.41, 5.74) is 0.910. The topological polar surface area (TPSA) is 105 Å². The van der Waals surface area contributed by atoms with Gasteiger partial charge in [0.15, 0.2) is 11.2 Å². The van der Waals surface area contributed by atoms with E-state index in [-0.39, 0.29) is 17.3 Å². The van der Waals surface area contributed by atoms with Crippen molar-refractivity contribution < 1.29 is 38.1 Å². The van der Waals surface area contributed by atoms with Gasteiger partial charge in [-0.05, 0) is 36.4 Å². The van der Waals surface area contributed by atoms with Crippen LogP contribution in [0.15, 0.2) is 91.0 Å². The fourth-order valence-corrected chi connectivity index (χ4v) is 4.69. The molecule has 0 radical (unpaired) electrons. The minimum atomic E-state index is -1.24. The number of rotatable bonds is 8. The smallest absolute Gasteiger partial charge is 0.340 e. The molecule has 0 spiro atoms. The van der Waals surface area contributed by atoms with Crippen LogP contribution in [0.25, 0.3) is 0 Å². The van der Waals surface area contributed by atoms with Crippen LogP contribution in [0.5, 0.6) is 0 Å². The van der Waals surface area contributed by atoms with Crippen LogP contribution in [0.3, 0.4) is 0 Å². The maximum atomic E-state index is 12.9. The molecule has 3 aromatic carbocycles. The van der Waals surface area contributed by atoms with Crippen molar-refractivity contribution in [1.82, 2.24) is 0 Å². The maximum absolute atomic E-state index is 12.9. The summed E-state index contributed by atoms with van der Waals surface area (Å²) in [5.74, 6) is -1.93. The van der Waals surface area contributed by atoms with E-state index in [0.717, 1.165) is 11.8 Å². The third kappa shape index (κ3) is 6.84. The molecule has 37 heavy (non-hydrogen) atoms. The summed E-state index contributed by atoms with van der Waals surface area (Å²) in [6, 6.07) is 25.0. The summed E-state index contributed by atoms with van der Waals surface area (Å²) < 4.78 is 22.7. The highest BCUT2D eigenvalue weighted by atomic mass is 32.2. The molecule has 0 N–H and O–H groups in total. The summed E-state index contributed by atoms with van der Waals surface area (Å²) in [7, 11) is 0. The van der Waals surface area contributed by atoms with E-state index < -0.39 is 41.7 Å². The van der Waals surface area contributed by atoms with Crippen molar-refractivity contribution in [2.75, 3.05) is 6.61 Å². The first-order valence-corrected chi connectivity index (χ1v) is 12.4. The van der Waals surface area contributed by atoms with Crippen molar-refractivity contribution in [3.63, 3.8) is 0 Å². The molecule has 1 heterocycles. The molecule has 8 nitrogen and oxygen atoms in total.